The third kappa shape index (κ3) is 5.97. The van der Waals surface area contributed by atoms with Gasteiger partial charge < -0.3 is 4.42 Å². The average molecular weight is 618 g/mol. The van der Waals surface area contributed by atoms with Crippen molar-refractivity contribution in [2.24, 2.45) is 4.99 Å². The number of nitrogens with one attached hydrogen (secondary N) is 1. The zero-order valence-electron chi connectivity index (χ0n) is 19.9. The van der Waals surface area contributed by atoms with E-state index in [2.05, 4.69) is 21.3 Å². The van der Waals surface area contributed by atoms with Crippen molar-refractivity contribution in [2.75, 3.05) is 11.3 Å². The van der Waals surface area contributed by atoms with Gasteiger partial charge in [0.25, 0.3) is 15.9 Å². The number of aromatic nitrogens is 1. The molecular weight excluding hydrogens is 599 g/mol. The monoisotopic (exact) mass is 616 g/mol. The third-order valence-corrected chi connectivity index (χ3v) is 9.34. The highest BCUT2D eigenvalue weighted by molar-refractivity contribution is 8.18. The minimum absolute atomic E-state index is 0.0637. The quantitative estimate of drug-likeness (QED) is 0.164. The summed E-state index contributed by atoms with van der Waals surface area (Å²) < 4.78 is 33.5. The Kier molecular flexibility index (Phi) is 7.96. The van der Waals surface area contributed by atoms with Gasteiger partial charge in [0.15, 0.2) is 10.3 Å². The summed E-state index contributed by atoms with van der Waals surface area (Å²) in [6.07, 6.45) is 4.75. The lowest BCUT2D eigenvalue weighted by atomic mass is 10.2. The number of halogens is 2. The molecule has 2 aromatic heterocycles. The molecule has 2 aromatic carbocycles. The van der Waals surface area contributed by atoms with E-state index in [1.807, 2.05) is 0 Å². The number of furan rings is 1. The highest BCUT2D eigenvalue weighted by Crippen LogP contribution is 2.37. The van der Waals surface area contributed by atoms with E-state index in [0.29, 0.717) is 42.9 Å². The largest absolute Gasteiger partial charge is 0.457 e. The van der Waals surface area contributed by atoms with E-state index in [0.717, 1.165) is 0 Å². The van der Waals surface area contributed by atoms with Crippen LogP contribution in [0.25, 0.3) is 17.4 Å². The molecule has 0 radical (unpaired) electrons. The van der Waals surface area contributed by atoms with Crippen LogP contribution in [0.2, 0.25) is 10.0 Å². The van der Waals surface area contributed by atoms with E-state index in [-0.39, 0.29) is 22.5 Å². The molecule has 5 rings (SSSR count). The lowest BCUT2D eigenvalue weighted by molar-refractivity contribution is -0.121. The van der Waals surface area contributed by atoms with Crippen molar-refractivity contribution in [3.8, 4) is 11.3 Å². The maximum atomic E-state index is 13.1. The molecule has 1 aliphatic heterocycles. The summed E-state index contributed by atoms with van der Waals surface area (Å²) in [5.74, 6) is 0.712. The molecule has 0 unspecified atom stereocenters. The first kappa shape index (κ1) is 27.2. The Morgan fingerprint density at radius 3 is 2.64 bits per heavy atom. The molecule has 0 aliphatic carbocycles. The molecule has 1 saturated heterocycles. The topological polar surface area (TPSA) is 105 Å². The van der Waals surface area contributed by atoms with Gasteiger partial charge in [0.2, 0.25) is 0 Å². The number of hydrogen-bond acceptors (Lipinski definition) is 8. The summed E-state index contributed by atoms with van der Waals surface area (Å²) in [5.41, 5.74) is 1.12. The van der Waals surface area contributed by atoms with Gasteiger partial charge in [0.05, 0.1) is 25.5 Å². The van der Waals surface area contributed by atoms with Gasteiger partial charge in [-0.25, -0.2) is 18.4 Å². The number of nitrogens with zero attached hydrogens (tertiary/aromatic N) is 3. The number of amides is 1. The van der Waals surface area contributed by atoms with Gasteiger partial charge in [-0.3, -0.25) is 14.4 Å². The molecule has 1 amide bonds. The van der Waals surface area contributed by atoms with Crippen LogP contribution in [0.5, 0.6) is 0 Å². The molecule has 0 bridgehead atoms. The molecule has 1 fully saturated rings. The Labute approximate surface area is 242 Å². The van der Waals surface area contributed by atoms with Gasteiger partial charge in [0.1, 0.15) is 11.5 Å². The maximum absolute atomic E-state index is 13.1. The van der Waals surface area contributed by atoms with Crippen LogP contribution in [0.15, 0.2) is 98.0 Å². The van der Waals surface area contributed by atoms with Crippen LogP contribution in [0.4, 0.5) is 10.8 Å². The summed E-state index contributed by atoms with van der Waals surface area (Å²) in [5, 5.41) is 3.17. The molecule has 13 heteroatoms. The molecule has 39 heavy (non-hydrogen) atoms. The number of carbonyl (C=O) groups excluding carboxylic acids is 1. The molecule has 0 spiro atoms. The Bertz CT molecular complexity index is 1710. The number of rotatable bonds is 8. The molecule has 198 valence electrons. The minimum Gasteiger partial charge on any atom is -0.457 e. The van der Waals surface area contributed by atoms with Crippen LogP contribution >= 0.6 is 46.3 Å². The van der Waals surface area contributed by atoms with Gasteiger partial charge >= 0.3 is 0 Å². The predicted molar refractivity (Wildman–Crippen MR) is 158 cm³/mol. The van der Waals surface area contributed by atoms with E-state index in [9.17, 15) is 13.2 Å². The summed E-state index contributed by atoms with van der Waals surface area (Å²) in [6, 6.07) is 14.8. The second kappa shape index (κ2) is 11.4. The first-order chi connectivity index (χ1) is 18.7. The van der Waals surface area contributed by atoms with Crippen molar-refractivity contribution in [2.45, 2.75) is 4.90 Å². The molecule has 3 heterocycles. The van der Waals surface area contributed by atoms with Gasteiger partial charge in [-0.15, -0.1) is 17.9 Å². The maximum Gasteiger partial charge on any atom is 0.267 e. The number of aliphatic imine (C=N–C) groups is 1. The summed E-state index contributed by atoms with van der Waals surface area (Å²) in [7, 11) is -3.79. The lowest BCUT2D eigenvalue weighted by Gasteiger charge is -2.12. The van der Waals surface area contributed by atoms with E-state index in [1.54, 1.807) is 60.0 Å². The fraction of sp³-hybridized carbons (Fsp3) is 0.0385. The number of benzene rings is 2. The number of sulfonamides is 1. The van der Waals surface area contributed by atoms with Crippen LogP contribution in [0.3, 0.4) is 0 Å². The molecule has 4 aromatic rings. The van der Waals surface area contributed by atoms with Crippen LogP contribution in [0.1, 0.15) is 5.76 Å². The fourth-order valence-electron chi connectivity index (χ4n) is 3.54. The fourth-order valence-corrected chi connectivity index (χ4v) is 6.71. The highest BCUT2D eigenvalue weighted by atomic mass is 35.5. The van der Waals surface area contributed by atoms with Crippen molar-refractivity contribution < 1.29 is 17.6 Å². The van der Waals surface area contributed by atoms with E-state index in [4.69, 9.17) is 27.6 Å². The molecule has 0 saturated carbocycles. The SMILES string of the molecule is C=CCN1C(=O)C(=Cc2ccc(-c3cccc(Cl)c3Cl)o2)SC1=Nc1ccc(S(=O)(=O)Nc2nccs2)cc1. The third-order valence-electron chi connectivity index (χ3n) is 5.34. The Morgan fingerprint density at radius 1 is 1.13 bits per heavy atom. The number of hydrogen-bond donors (Lipinski definition) is 1. The normalized spacial score (nSPS) is 15.8. The van der Waals surface area contributed by atoms with E-state index < -0.39 is 10.0 Å². The predicted octanol–water partition coefficient (Wildman–Crippen LogP) is 7.30. The Morgan fingerprint density at radius 2 is 1.92 bits per heavy atom. The summed E-state index contributed by atoms with van der Waals surface area (Å²) in [4.78, 5) is 23.6. The van der Waals surface area contributed by atoms with Gasteiger partial charge in [0, 0.05) is 29.8 Å². The molecule has 1 aliphatic rings. The lowest BCUT2D eigenvalue weighted by Crippen LogP contribution is -2.29. The van der Waals surface area contributed by atoms with Crippen LogP contribution < -0.4 is 4.72 Å². The standard InChI is InChI=1S/C26H18Cl2N4O4S3/c1-2-13-32-24(33)22(15-17-8-11-21(36-17)19-4-3-5-20(27)23(19)28)38-26(32)30-16-6-9-18(10-7-16)39(34,35)31-25-29-12-14-37-25/h2-12,14-15H,1,13H2,(H,29,31). The van der Waals surface area contributed by atoms with Gasteiger partial charge in [-0.1, -0.05) is 35.3 Å². The van der Waals surface area contributed by atoms with Gasteiger partial charge in [-0.2, -0.15) is 0 Å². The van der Waals surface area contributed by atoms with Crippen molar-refractivity contribution in [1.29, 1.82) is 0 Å². The van der Waals surface area contributed by atoms with Crippen LogP contribution in [-0.2, 0) is 14.8 Å². The number of anilines is 1. The molecule has 8 nitrogen and oxygen atoms in total. The Balaban J connectivity index is 1.38. The Hall–Kier alpha value is -3.35. The molecular formula is C26H18Cl2N4O4S3. The van der Waals surface area contributed by atoms with E-state index in [1.165, 1.54) is 46.3 Å². The summed E-state index contributed by atoms with van der Waals surface area (Å²) >= 11 is 14.8. The van der Waals surface area contributed by atoms with Crippen molar-refractivity contribution in [3.05, 3.63) is 99.5 Å². The summed E-state index contributed by atoms with van der Waals surface area (Å²) in [6.45, 7) is 3.98. The highest BCUT2D eigenvalue weighted by Gasteiger charge is 2.33. The molecule has 0 atom stereocenters. The van der Waals surface area contributed by atoms with Crippen molar-refractivity contribution in [1.82, 2.24) is 9.88 Å². The number of thiazole rings is 1. The number of carbonyl (C=O) groups is 1. The van der Waals surface area contributed by atoms with Crippen molar-refractivity contribution >= 4 is 84.3 Å². The smallest absolute Gasteiger partial charge is 0.267 e. The zero-order valence-corrected chi connectivity index (χ0v) is 23.8. The first-order valence-electron chi connectivity index (χ1n) is 11.2. The van der Waals surface area contributed by atoms with Crippen LogP contribution in [-0.4, -0.2) is 35.9 Å². The van der Waals surface area contributed by atoms with Crippen LogP contribution in [0, 0.1) is 0 Å². The second-order valence-corrected chi connectivity index (χ2v) is 12.3. The van der Waals surface area contributed by atoms with Gasteiger partial charge in [-0.05, 0) is 60.3 Å². The second-order valence-electron chi connectivity index (χ2n) is 7.95. The zero-order chi connectivity index (χ0) is 27.6. The number of amidine groups is 1. The van der Waals surface area contributed by atoms with E-state index >= 15 is 0 Å². The molecule has 1 N–H and O–H groups in total. The van der Waals surface area contributed by atoms with Crippen molar-refractivity contribution in [3.63, 3.8) is 0 Å². The first-order valence-corrected chi connectivity index (χ1v) is 15.2. The minimum atomic E-state index is -3.79. The number of thioether (sulfide) groups is 1. The average Bonchev–Trinajstić information content (AvgIpc) is 3.65.